The summed E-state index contributed by atoms with van der Waals surface area (Å²) in [6.45, 7) is 7.60. The van der Waals surface area contributed by atoms with Crippen LogP contribution in [0.15, 0.2) is 36.4 Å². The lowest BCUT2D eigenvalue weighted by molar-refractivity contribution is -0.148. The molecule has 1 amide bonds. The van der Waals surface area contributed by atoms with E-state index in [4.69, 9.17) is 14.2 Å². The highest BCUT2D eigenvalue weighted by Gasteiger charge is 2.18. The second kappa shape index (κ2) is 8.17. The van der Waals surface area contributed by atoms with Crippen molar-refractivity contribution >= 4 is 23.6 Å². The zero-order chi connectivity index (χ0) is 20.3. The van der Waals surface area contributed by atoms with Crippen molar-refractivity contribution in [2.45, 2.75) is 33.8 Å². The van der Waals surface area contributed by atoms with Gasteiger partial charge in [0.2, 0.25) is 6.79 Å². The van der Waals surface area contributed by atoms with Gasteiger partial charge in [-0.3, -0.25) is 4.79 Å². The summed E-state index contributed by atoms with van der Waals surface area (Å²) in [4.78, 5) is 24.4. The van der Waals surface area contributed by atoms with Gasteiger partial charge in [-0.25, -0.2) is 4.79 Å². The van der Waals surface area contributed by atoms with E-state index < -0.39 is 12.1 Å². The van der Waals surface area contributed by atoms with Crippen LogP contribution in [0.4, 0.5) is 5.69 Å². The predicted octanol–water partition coefficient (Wildman–Crippen LogP) is 3.92. The lowest BCUT2D eigenvalue weighted by atomic mass is 10.0. The highest BCUT2D eigenvalue weighted by Crippen LogP contribution is 2.32. The van der Waals surface area contributed by atoms with Gasteiger partial charge in [0.25, 0.3) is 5.91 Å². The van der Waals surface area contributed by atoms with Gasteiger partial charge in [0.15, 0.2) is 17.6 Å². The van der Waals surface area contributed by atoms with Gasteiger partial charge in [0.1, 0.15) is 0 Å². The van der Waals surface area contributed by atoms with Crippen LogP contribution in [0.5, 0.6) is 11.5 Å². The van der Waals surface area contributed by atoms with E-state index in [1.54, 1.807) is 31.2 Å². The number of nitrogens with one attached hydrogen (secondary N) is 1. The first-order valence-electron chi connectivity index (χ1n) is 9.00. The van der Waals surface area contributed by atoms with Crippen LogP contribution in [0.1, 0.15) is 29.2 Å². The average Bonchev–Trinajstić information content (AvgIpc) is 3.10. The lowest BCUT2D eigenvalue weighted by Gasteiger charge is -2.16. The topological polar surface area (TPSA) is 73.9 Å². The highest BCUT2D eigenvalue weighted by molar-refractivity contribution is 5.97. The van der Waals surface area contributed by atoms with Crippen molar-refractivity contribution < 1.29 is 23.8 Å². The van der Waals surface area contributed by atoms with E-state index in [-0.39, 0.29) is 12.7 Å². The number of fused-ring (bicyclic) bond motifs is 1. The summed E-state index contributed by atoms with van der Waals surface area (Å²) in [6.07, 6.45) is 1.96. The van der Waals surface area contributed by atoms with Crippen molar-refractivity contribution in [1.82, 2.24) is 0 Å². The van der Waals surface area contributed by atoms with Crippen molar-refractivity contribution in [3.63, 3.8) is 0 Å². The Morgan fingerprint density at radius 3 is 2.46 bits per heavy atom. The molecule has 6 nitrogen and oxygen atoms in total. The van der Waals surface area contributed by atoms with Crippen LogP contribution in [-0.4, -0.2) is 24.8 Å². The van der Waals surface area contributed by atoms with Gasteiger partial charge in [-0.1, -0.05) is 23.8 Å². The molecule has 0 fully saturated rings. The third kappa shape index (κ3) is 4.52. The van der Waals surface area contributed by atoms with Crippen LogP contribution in [0.2, 0.25) is 0 Å². The van der Waals surface area contributed by atoms with Gasteiger partial charge >= 0.3 is 5.97 Å². The molecule has 2 aromatic rings. The molecule has 0 spiro atoms. The summed E-state index contributed by atoms with van der Waals surface area (Å²) in [5, 5.41) is 2.84. The second-order valence-corrected chi connectivity index (χ2v) is 6.79. The number of aryl methyl sites for hydroxylation is 3. The molecule has 0 aromatic heterocycles. The quantitative estimate of drug-likeness (QED) is 0.628. The Balaban J connectivity index is 1.58. The summed E-state index contributed by atoms with van der Waals surface area (Å²) in [5.41, 5.74) is 4.57. The third-order valence-electron chi connectivity index (χ3n) is 4.40. The van der Waals surface area contributed by atoms with Gasteiger partial charge in [0.05, 0.1) is 0 Å². The molecule has 2 aromatic carbocycles. The molecule has 1 aliphatic heterocycles. The Hall–Kier alpha value is -3.28. The van der Waals surface area contributed by atoms with Crippen molar-refractivity contribution in [1.29, 1.82) is 0 Å². The number of hydrogen-bond donors (Lipinski definition) is 1. The standard InChI is InChI=1S/C22H23NO5/c1-13-9-14(2)21(15(3)10-13)23-22(25)16(4)28-20(24)8-6-17-5-7-18-19(11-17)27-12-26-18/h5-11,16H,12H2,1-4H3,(H,23,25)/b8-6+/t16-/m0/s1. The third-order valence-corrected chi connectivity index (χ3v) is 4.40. The van der Waals surface area contributed by atoms with E-state index in [0.717, 1.165) is 27.9 Å². The fourth-order valence-corrected chi connectivity index (χ4v) is 3.05. The maximum absolute atomic E-state index is 12.4. The molecule has 3 rings (SSSR count). The fourth-order valence-electron chi connectivity index (χ4n) is 3.05. The number of esters is 1. The summed E-state index contributed by atoms with van der Waals surface area (Å²) in [5.74, 6) is 0.330. The number of anilines is 1. The van der Waals surface area contributed by atoms with Crippen LogP contribution in [0.3, 0.4) is 0 Å². The van der Waals surface area contributed by atoms with Crippen molar-refractivity contribution in [3.8, 4) is 11.5 Å². The molecular weight excluding hydrogens is 358 g/mol. The Labute approximate surface area is 164 Å². The first-order chi connectivity index (χ1) is 13.3. The minimum atomic E-state index is -0.922. The predicted molar refractivity (Wildman–Crippen MR) is 106 cm³/mol. The molecule has 0 saturated carbocycles. The molecule has 1 N–H and O–H groups in total. The molecule has 1 atom stereocenters. The summed E-state index contributed by atoms with van der Waals surface area (Å²) < 4.78 is 15.8. The summed E-state index contributed by atoms with van der Waals surface area (Å²) in [6, 6.07) is 9.33. The molecule has 6 heteroatoms. The first kappa shape index (κ1) is 19.5. The van der Waals surface area contributed by atoms with Crippen LogP contribution in [0, 0.1) is 20.8 Å². The molecule has 146 valence electrons. The van der Waals surface area contributed by atoms with E-state index in [1.165, 1.54) is 6.08 Å². The molecule has 1 aliphatic rings. The fraction of sp³-hybridized carbons (Fsp3) is 0.273. The van der Waals surface area contributed by atoms with E-state index in [0.29, 0.717) is 11.5 Å². The van der Waals surface area contributed by atoms with Gasteiger partial charge in [-0.15, -0.1) is 0 Å². The summed E-state index contributed by atoms with van der Waals surface area (Å²) in [7, 11) is 0. The average molecular weight is 381 g/mol. The number of carbonyl (C=O) groups excluding carboxylic acids is 2. The van der Waals surface area contributed by atoms with Crippen LogP contribution in [0.25, 0.3) is 6.08 Å². The molecule has 0 radical (unpaired) electrons. The first-order valence-corrected chi connectivity index (χ1v) is 9.00. The minimum absolute atomic E-state index is 0.192. The SMILES string of the molecule is Cc1cc(C)c(NC(=O)[C@H](C)OC(=O)/C=C/c2ccc3c(c2)OCO3)c(C)c1. The monoisotopic (exact) mass is 381 g/mol. The number of hydrogen-bond acceptors (Lipinski definition) is 5. The number of rotatable bonds is 5. The Kier molecular flexibility index (Phi) is 5.68. The van der Waals surface area contributed by atoms with Gasteiger partial charge in [-0.2, -0.15) is 0 Å². The van der Waals surface area contributed by atoms with Gasteiger partial charge in [0, 0.05) is 11.8 Å². The van der Waals surface area contributed by atoms with E-state index >= 15 is 0 Å². The maximum atomic E-state index is 12.4. The van der Waals surface area contributed by atoms with Crippen molar-refractivity contribution in [3.05, 3.63) is 58.7 Å². The molecule has 0 bridgehead atoms. The van der Waals surface area contributed by atoms with Crippen molar-refractivity contribution in [2.24, 2.45) is 0 Å². The number of benzene rings is 2. The summed E-state index contributed by atoms with van der Waals surface area (Å²) >= 11 is 0. The zero-order valence-electron chi connectivity index (χ0n) is 16.4. The number of carbonyl (C=O) groups is 2. The molecule has 1 heterocycles. The molecule has 0 saturated heterocycles. The zero-order valence-corrected chi connectivity index (χ0v) is 16.4. The Morgan fingerprint density at radius 1 is 1.07 bits per heavy atom. The van der Waals surface area contributed by atoms with E-state index in [9.17, 15) is 9.59 Å². The van der Waals surface area contributed by atoms with Gasteiger partial charge in [-0.05, 0) is 62.6 Å². The molecular formula is C22H23NO5. The maximum Gasteiger partial charge on any atom is 0.331 e. The molecule has 0 unspecified atom stereocenters. The molecule has 0 aliphatic carbocycles. The van der Waals surface area contributed by atoms with E-state index in [2.05, 4.69) is 5.32 Å². The van der Waals surface area contributed by atoms with E-state index in [1.807, 2.05) is 32.9 Å². The van der Waals surface area contributed by atoms with Crippen molar-refractivity contribution in [2.75, 3.05) is 12.1 Å². The largest absolute Gasteiger partial charge is 0.454 e. The smallest absolute Gasteiger partial charge is 0.331 e. The normalized spacial score (nSPS) is 13.4. The second-order valence-electron chi connectivity index (χ2n) is 6.79. The highest BCUT2D eigenvalue weighted by atomic mass is 16.7. The number of amides is 1. The van der Waals surface area contributed by atoms with Crippen LogP contribution >= 0.6 is 0 Å². The molecule has 28 heavy (non-hydrogen) atoms. The Bertz CT molecular complexity index is 925. The van der Waals surface area contributed by atoms with Gasteiger partial charge < -0.3 is 19.5 Å². The Morgan fingerprint density at radius 2 is 1.75 bits per heavy atom. The number of ether oxygens (including phenoxy) is 3. The van der Waals surface area contributed by atoms with Crippen LogP contribution < -0.4 is 14.8 Å². The van der Waals surface area contributed by atoms with Crippen LogP contribution in [-0.2, 0) is 14.3 Å². The lowest BCUT2D eigenvalue weighted by Crippen LogP contribution is -2.30. The minimum Gasteiger partial charge on any atom is -0.454 e.